The van der Waals surface area contributed by atoms with Crippen LogP contribution in [0, 0.1) is 0 Å². The normalized spacial score (nSPS) is 16.0. The number of fused-ring (bicyclic) bond motifs is 1. The fourth-order valence-corrected chi connectivity index (χ4v) is 4.44. The molecule has 0 spiro atoms. The highest BCUT2D eigenvalue weighted by atomic mass is 32.2. The summed E-state index contributed by atoms with van der Waals surface area (Å²) in [5.41, 5.74) is 1.22. The van der Waals surface area contributed by atoms with E-state index >= 15 is 0 Å². The van der Waals surface area contributed by atoms with Gasteiger partial charge in [-0.15, -0.1) is 11.8 Å². The number of anilines is 2. The Morgan fingerprint density at radius 3 is 2.55 bits per heavy atom. The molecule has 6 nitrogen and oxygen atoms in total. The number of hydrogen-bond acceptors (Lipinski definition) is 5. The van der Waals surface area contributed by atoms with Crippen LogP contribution in [0.2, 0.25) is 0 Å². The van der Waals surface area contributed by atoms with Gasteiger partial charge in [0.25, 0.3) is 0 Å². The summed E-state index contributed by atoms with van der Waals surface area (Å²) in [6, 6.07) is 20.5. The van der Waals surface area contributed by atoms with Crippen LogP contribution in [0.3, 0.4) is 0 Å². The predicted octanol–water partition coefficient (Wildman–Crippen LogP) is 4.24. The summed E-state index contributed by atoms with van der Waals surface area (Å²) in [7, 11) is 0. The van der Waals surface area contributed by atoms with Gasteiger partial charge in [-0.2, -0.15) is 0 Å². The molecule has 0 saturated carbocycles. The van der Waals surface area contributed by atoms with Crippen molar-refractivity contribution in [3.05, 3.63) is 66.7 Å². The average molecular weight is 435 g/mol. The summed E-state index contributed by atoms with van der Waals surface area (Å²) in [5, 5.41) is 4.43. The minimum Gasteiger partial charge on any atom is -0.494 e. The lowest BCUT2D eigenvalue weighted by molar-refractivity contribution is -0.121. The lowest BCUT2D eigenvalue weighted by Gasteiger charge is -2.15. The Bertz CT molecular complexity index is 1130. The van der Waals surface area contributed by atoms with E-state index in [0.717, 1.165) is 10.8 Å². The van der Waals surface area contributed by atoms with Crippen LogP contribution in [0.1, 0.15) is 13.3 Å². The number of amides is 3. The van der Waals surface area contributed by atoms with Crippen molar-refractivity contribution < 1.29 is 19.1 Å². The second kappa shape index (κ2) is 9.22. The van der Waals surface area contributed by atoms with Crippen molar-refractivity contribution in [3.63, 3.8) is 0 Å². The lowest BCUT2D eigenvalue weighted by Crippen LogP contribution is -2.31. The Labute approximate surface area is 184 Å². The van der Waals surface area contributed by atoms with Crippen LogP contribution < -0.4 is 15.0 Å². The van der Waals surface area contributed by atoms with Crippen molar-refractivity contribution in [1.82, 2.24) is 0 Å². The van der Waals surface area contributed by atoms with E-state index in [0.29, 0.717) is 23.7 Å². The molecule has 0 radical (unpaired) electrons. The number of benzene rings is 3. The third kappa shape index (κ3) is 4.72. The van der Waals surface area contributed by atoms with E-state index in [9.17, 15) is 14.4 Å². The van der Waals surface area contributed by atoms with E-state index in [1.165, 1.54) is 16.7 Å². The van der Waals surface area contributed by atoms with Crippen LogP contribution in [0.5, 0.6) is 5.75 Å². The molecule has 0 aromatic heterocycles. The molecule has 158 valence electrons. The zero-order valence-corrected chi connectivity index (χ0v) is 17.9. The summed E-state index contributed by atoms with van der Waals surface area (Å²) < 4.78 is 5.40. The fourth-order valence-electron chi connectivity index (χ4n) is 3.50. The first-order valence-corrected chi connectivity index (χ1v) is 11.1. The van der Waals surface area contributed by atoms with Gasteiger partial charge in [0, 0.05) is 12.1 Å². The van der Waals surface area contributed by atoms with Crippen LogP contribution in [0.4, 0.5) is 11.4 Å². The molecular formula is C24H22N2O4S. The van der Waals surface area contributed by atoms with E-state index in [1.807, 2.05) is 49.4 Å². The Kier molecular flexibility index (Phi) is 6.23. The molecule has 1 N–H and O–H groups in total. The molecule has 1 aliphatic heterocycles. The monoisotopic (exact) mass is 434 g/mol. The molecule has 3 aromatic rings. The first-order chi connectivity index (χ1) is 15.0. The number of nitrogens with one attached hydrogen (secondary N) is 1. The van der Waals surface area contributed by atoms with Gasteiger partial charge in [0.1, 0.15) is 5.75 Å². The van der Waals surface area contributed by atoms with Gasteiger partial charge in [-0.25, -0.2) is 4.90 Å². The van der Waals surface area contributed by atoms with E-state index in [2.05, 4.69) is 5.32 Å². The molecule has 4 rings (SSSR count). The highest BCUT2D eigenvalue weighted by Crippen LogP contribution is 2.31. The van der Waals surface area contributed by atoms with Gasteiger partial charge in [0.05, 0.1) is 23.3 Å². The van der Waals surface area contributed by atoms with Gasteiger partial charge in [-0.1, -0.05) is 30.3 Å². The largest absolute Gasteiger partial charge is 0.494 e. The van der Waals surface area contributed by atoms with Crippen LogP contribution in [-0.2, 0) is 14.4 Å². The molecule has 31 heavy (non-hydrogen) atoms. The third-order valence-electron chi connectivity index (χ3n) is 4.96. The molecule has 3 amide bonds. The summed E-state index contributed by atoms with van der Waals surface area (Å²) in [6.07, 6.45) is 0.0833. The number of nitrogens with zero attached hydrogens (tertiary/aromatic N) is 1. The van der Waals surface area contributed by atoms with E-state index in [1.54, 1.807) is 24.3 Å². The van der Waals surface area contributed by atoms with Crippen LogP contribution in [0.25, 0.3) is 10.8 Å². The fraction of sp³-hybridized carbons (Fsp3) is 0.208. The van der Waals surface area contributed by atoms with E-state index in [-0.39, 0.29) is 29.9 Å². The average Bonchev–Trinajstić information content (AvgIpc) is 3.06. The molecule has 0 bridgehead atoms. The summed E-state index contributed by atoms with van der Waals surface area (Å²) in [6.45, 7) is 2.43. The zero-order valence-electron chi connectivity index (χ0n) is 17.0. The molecule has 0 aliphatic carbocycles. The van der Waals surface area contributed by atoms with E-state index in [4.69, 9.17) is 4.74 Å². The third-order valence-corrected chi connectivity index (χ3v) is 6.16. The Morgan fingerprint density at radius 2 is 1.81 bits per heavy atom. The van der Waals surface area contributed by atoms with Gasteiger partial charge in [0.2, 0.25) is 17.7 Å². The Hall–Kier alpha value is -3.32. The standard InChI is InChI=1S/C24H22N2O4S/c1-2-30-20-11-9-19(10-12-20)26-23(28)14-21(24(26)29)31-15-22(27)25-18-8-7-16-5-3-4-6-17(16)13-18/h3-13,21H,2,14-15H2,1H3,(H,25,27). The van der Waals surface area contributed by atoms with Crippen LogP contribution in [0.15, 0.2) is 66.7 Å². The highest BCUT2D eigenvalue weighted by Gasteiger charge is 2.40. The van der Waals surface area contributed by atoms with Crippen molar-refractivity contribution in [3.8, 4) is 5.75 Å². The van der Waals surface area contributed by atoms with Crippen molar-refractivity contribution in [2.45, 2.75) is 18.6 Å². The molecule has 1 unspecified atom stereocenters. The molecule has 1 fully saturated rings. The first kappa shape index (κ1) is 20.9. The second-order valence-electron chi connectivity index (χ2n) is 7.11. The van der Waals surface area contributed by atoms with Gasteiger partial charge in [-0.3, -0.25) is 14.4 Å². The summed E-state index contributed by atoms with van der Waals surface area (Å²) in [4.78, 5) is 38.8. The summed E-state index contributed by atoms with van der Waals surface area (Å²) in [5.74, 6) is 0.00844. The molecule has 1 aliphatic rings. The van der Waals surface area contributed by atoms with Crippen LogP contribution in [-0.4, -0.2) is 35.3 Å². The number of rotatable bonds is 7. The maximum Gasteiger partial charge on any atom is 0.247 e. The van der Waals surface area contributed by atoms with Gasteiger partial charge < -0.3 is 10.1 Å². The van der Waals surface area contributed by atoms with Crippen molar-refractivity contribution >= 4 is 51.6 Å². The van der Waals surface area contributed by atoms with Crippen molar-refractivity contribution in [2.75, 3.05) is 22.6 Å². The number of carbonyl (C=O) groups is 3. The molecule has 1 heterocycles. The molecule has 1 atom stereocenters. The predicted molar refractivity (Wildman–Crippen MR) is 124 cm³/mol. The number of hydrogen-bond donors (Lipinski definition) is 1. The lowest BCUT2D eigenvalue weighted by atomic mass is 10.1. The SMILES string of the molecule is CCOc1ccc(N2C(=O)CC(SCC(=O)Nc3ccc4ccccc4c3)C2=O)cc1. The highest BCUT2D eigenvalue weighted by molar-refractivity contribution is 8.01. The molecular weight excluding hydrogens is 412 g/mol. The number of imide groups is 1. The number of carbonyl (C=O) groups excluding carboxylic acids is 3. The second-order valence-corrected chi connectivity index (χ2v) is 8.30. The Morgan fingerprint density at radius 1 is 1.06 bits per heavy atom. The van der Waals surface area contributed by atoms with Crippen molar-refractivity contribution in [2.24, 2.45) is 0 Å². The van der Waals surface area contributed by atoms with Gasteiger partial charge in [-0.05, 0) is 54.1 Å². The maximum absolute atomic E-state index is 12.8. The maximum atomic E-state index is 12.8. The van der Waals surface area contributed by atoms with E-state index < -0.39 is 5.25 Å². The summed E-state index contributed by atoms with van der Waals surface area (Å²) >= 11 is 1.19. The topological polar surface area (TPSA) is 75.7 Å². The first-order valence-electron chi connectivity index (χ1n) is 10.0. The van der Waals surface area contributed by atoms with Crippen LogP contribution >= 0.6 is 11.8 Å². The minimum absolute atomic E-state index is 0.0833. The molecule has 3 aromatic carbocycles. The smallest absolute Gasteiger partial charge is 0.247 e. The zero-order chi connectivity index (χ0) is 21.8. The van der Waals surface area contributed by atoms with Gasteiger partial charge in [0.15, 0.2) is 0 Å². The number of ether oxygens (including phenoxy) is 1. The molecule has 1 saturated heterocycles. The van der Waals surface area contributed by atoms with Crippen molar-refractivity contribution in [1.29, 1.82) is 0 Å². The Balaban J connectivity index is 1.35. The minimum atomic E-state index is -0.568. The molecule has 7 heteroatoms. The van der Waals surface area contributed by atoms with Gasteiger partial charge >= 0.3 is 0 Å². The quantitative estimate of drug-likeness (QED) is 0.563. The number of thioether (sulfide) groups is 1.